The van der Waals surface area contributed by atoms with Crippen LogP contribution in [0.25, 0.3) is 0 Å². The average Bonchev–Trinajstić information content (AvgIpc) is 3.00. The quantitative estimate of drug-likeness (QED) is 0.431. The lowest BCUT2D eigenvalue weighted by atomic mass is 10.3. The molecule has 1 aromatic heterocycles. The number of thiazole rings is 1. The van der Waals surface area contributed by atoms with Crippen LogP contribution in [0.4, 0.5) is 21.3 Å². The highest BCUT2D eigenvalue weighted by atomic mass is 35.5. The van der Waals surface area contributed by atoms with Crippen LogP contribution in [0.1, 0.15) is 15.4 Å². The van der Waals surface area contributed by atoms with Gasteiger partial charge in [0.25, 0.3) is 5.91 Å². The zero-order chi connectivity index (χ0) is 20.3. The zero-order valence-corrected chi connectivity index (χ0v) is 17.4. The topological polar surface area (TPSA) is 83.1 Å². The number of nitrogens with zero attached hydrogens (tertiary/aromatic N) is 1. The molecule has 0 fully saturated rings. The van der Waals surface area contributed by atoms with Crippen LogP contribution >= 0.6 is 46.1 Å². The van der Waals surface area contributed by atoms with E-state index >= 15 is 0 Å². The molecule has 28 heavy (non-hydrogen) atoms. The number of hydrogen-bond acceptors (Lipinski definition) is 4. The number of anilines is 3. The second kappa shape index (κ2) is 8.79. The van der Waals surface area contributed by atoms with Gasteiger partial charge in [-0.1, -0.05) is 46.1 Å². The number of hydrogen-bond donors (Lipinski definition) is 3. The van der Waals surface area contributed by atoms with Crippen LogP contribution in [-0.2, 0) is 0 Å². The molecule has 0 bridgehead atoms. The third-order valence-corrected chi connectivity index (χ3v) is 5.57. The number of amides is 3. The van der Waals surface area contributed by atoms with Crippen LogP contribution in [0.15, 0.2) is 42.5 Å². The van der Waals surface area contributed by atoms with Gasteiger partial charge in [0.1, 0.15) is 4.88 Å². The molecule has 3 rings (SSSR count). The van der Waals surface area contributed by atoms with E-state index < -0.39 is 6.03 Å². The lowest BCUT2D eigenvalue weighted by molar-refractivity contribution is 0.103. The van der Waals surface area contributed by atoms with E-state index in [-0.39, 0.29) is 5.91 Å². The third-order valence-electron chi connectivity index (χ3n) is 3.50. The van der Waals surface area contributed by atoms with E-state index in [1.807, 2.05) is 0 Å². The maximum atomic E-state index is 12.5. The highest BCUT2D eigenvalue weighted by molar-refractivity contribution is 7.17. The van der Waals surface area contributed by atoms with E-state index in [2.05, 4.69) is 20.9 Å². The summed E-state index contributed by atoms with van der Waals surface area (Å²) in [6, 6.07) is 11.0. The molecule has 0 saturated carbocycles. The highest BCUT2D eigenvalue weighted by Crippen LogP contribution is 2.27. The second-order valence-corrected chi connectivity index (χ2v) is 7.85. The van der Waals surface area contributed by atoms with E-state index in [1.54, 1.807) is 49.4 Å². The van der Waals surface area contributed by atoms with Crippen molar-refractivity contribution in [3.63, 3.8) is 0 Å². The molecule has 6 nitrogen and oxygen atoms in total. The Bertz CT molecular complexity index is 1040. The first-order valence-corrected chi connectivity index (χ1v) is 9.84. The van der Waals surface area contributed by atoms with Gasteiger partial charge in [0.05, 0.1) is 15.7 Å². The van der Waals surface area contributed by atoms with Crippen molar-refractivity contribution in [2.24, 2.45) is 0 Å². The summed E-state index contributed by atoms with van der Waals surface area (Å²) >= 11 is 18.7. The molecule has 10 heteroatoms. The number of urea groups is 1. The van der Waals surface area contributed by atoms with Gasteiger partial charge in [-0.25, -0.2) is 9.78 Å². The number of carbonyl (C=O) groups is 2. The molecule has 0 aliphatic rings. The van der Waals surface area contributed by atoms with Gasteiger partial charge in [0, 0.05) is 16.4 Å². The molecule has 3 N–H and O–H groups in total. The van der Waals surface area contributed by atoms with Gasteiger partial charge in [-0.15, -0.1) is 0 Å². The number of nitrogens with one attached hydrogen (secondary N) is 3. The minimum atomic E-state index is -0.479. The Morgan fingerprint density at radius 2 is 1.57 bits per heavy atom. The monoisotopic (exact) mass is 454 g/mol. The van der Waals surface area contributed by atoms with Gasteiger partial charge in [0.2, 0.25) is 0 Å². The summed E-state index contributed by atoms with van der Waals surface area (Å²) in [6.07, 6.45) is 0. The van der Waals surface area contributed by atoms with Gasteiger partial charge >= 0.3 is 6.03 Å². The van der Waals surface area contributed by atoms with Gasteiger partial charge in [-0.2, -0.15) is 0 Å². The van der Waals surface area contributed by atoms with Gasteiger partial charge in [-0.05, 0) is 49.4 Å². The summed E-state index contributed by atoms with van der Waals surface area (Å²) in [4.78, 5) is 29.2. The Morgan fingerprint density at radius 3 is 2.25 bits per heavy atom. The Hall–Kier alpha value is -2.32. The third kappa shape index (κ3) is 5.14. The smallest absolute Gasteiger partial charge is 0.321 e. The van der Waals surface area contributed by atoms with E-state index in [0.717, 1.165) is 11.3 Å². The van der Waals surface area contributed by atoms with Gasteiger partial charge in [-0.3, -0.25) is 10.1 Å². The molecule has 2 aromatic carbocycles. The summed E-state index contributed by atoms with van der Waals surface area (Å²) in [5.41, 5.74) is 1.57. The lowest BCUT2D eigenvalue weighted by Gasteiger charge is -2.05. The molecular formula is C18H13Cl3N4O2S. The summed E-state index contributed by atoms with van der Waals surface area (Å²) in [5, 5.41) is 9.58. The summed E-state index contributed by atoms with van der Waals surface area (Å²) < 4.78 is 0. The van der Waals surface area contributed by atoms with Gasteiger partial charge < -0.3 is 10.6 Å². The Balaban J connectivity index is 1.66. The fourth-order valence-electron chi connectivity index (χ4n) is 2.21. The molecule has 0 radical (unpaired) electrons. The predicted octanol–water partition coefficient (Wildman–Crippen LogP) is 6.31. The number of aryl methyl sites for hydroxylation is 1. The standard InChI is InChI=1S/C18H13Cl3N4O2S/c1-9-15(16(26)23-12-6-7-13(20)14(21)8-12)28-18(22-9)25-17(27)24-11-4-2-10(19)3-5-11/h2-8H,1H3,(H,23,26)(H2,22,24,25,27). The first kappa shape index (κ1) is 20.4. The first-order valence-electron chi connectivity index (χ1n) is 7.89. The summed E-state index contributed by atoms with van der Waals surface area (Å²) in [7, 11) is 0. The molecule has 0 aliphatic carbocycles. The van der Waals surface area contributed by atoms with Crippen LogP contribution in [-0.4, -0.2) is 16.9 Å². The maximum Gasteiger partial charge on any atom is 0.325 e. The molecule has 3 amide bonds. The molecular weight excluding hydrogens is 443 g/mol. The second-order valence-electron chi connectivity index (χ2n) is 5.60. The van der Waals surface area contributed by atoms with Crippen molar-refractivity contribution in [1.82, 2.24) is 4.98 Å². The first-order chi connectivity index (χ1) is 13.3. The molecule has 0 unspecified atom stereocenters. The Morgan fingerprint density at radius 1 is 0.893 bits per heavy atom. The SMILES string of the molecule is Cc1nc(NC(=O)Nc2ccc(Cl)cc2)sc1C(=O)Nc1ccc(Cl)c(Cl)c1. The van der Waals surface area contributed by atoms with Crippen molar-refractivity contribution >= 4 is 74.6 Å². The van der Waals surface area contributed by atoms with Crippen molar-refractivity contribution in [2.75, 3.05) is 16.0 Å². The molecule has 0 spiro atoms. The number of carbonyl (C=O) groups excluding carboxylic acids is 2. The normalized spacial score (nSPS) is 10.4. The van der Waals surface area contributed by atoms with Crippen LogP contribution in [0.2, 0.25) is 15.1 Å². The van der Waals surface area contributed by atoms with Crippen LogP contribution in [0.3, 0.4) is 0 Å². The number of rotatable bonds is 4. The van der Waals surface area contributed by atoms with Crippen LogP contribution in [0.5, 0.6) is 0 Å². The van der Waals surface area contributed by atoms with Gasteiger partial charge in [0.15, 0.2) is 5.13 Å². The van der Waals surface area contributed by atoms with E-state index in [9.17, 15) is 9.59 Å². The minimum absolute atomic E-state index is 0.295. The maximum absolute atomic E-state index is 12.5. The molecule has 1 heterocycles. The van der Waals surface area contributed by atoms with E-state index in [1.165, 1.54) is 0 Å². The Labute approximate surface area is 179 Å². The fourth-order valence-corrected chi connectivity index (χ4v) is 3.50. The number of benzene rings is 2. The number of aromatic nitrogens is 1. The molecule has 3 aromatic rings. The zero-order valence-electron chi connectivity index (χ0n) is 14.3. The van der Waals surface area contributed by atoms with Crippen molar-refractivity contribution in [2.45, 2.75) is 6.92 Å². The molecule has 0 atom stereocenters. The van der Waals surface area contributed by atoms with Crippen molar-refractivity contribution in [3.8, 4) is 0 Å². The number of halogens is 3. The Kier molecular flexibility index (Phi) is 6.41. The van der Waals surface area contributed by atoms with E-state index in [0.29, 0.717) is 42.1 Å². The molecule has 0 saturated heterocycles. The molecule has 144 valence electrons. The molecule has 0 aliphatic heterocycles. The van der Waals surface area contributed by atoms with Crippen LogP contribution in [0, 0.1) is 6.92 Å². The predicted molar refractivity (Wildman–Crippen MR) is 115 cm³/mol. The fraction of sp³-hybridized carbons (Fsp3) is 0.0556. The lowest BCUT2D eigenvalue weighted by Crippen LogP contribution is -2.19. The highest BCUT2D eigenvalue weighted by Gasteiger charge is 2.17. The minimum Gasteiger partial charge on any atom is -0.321 e. The average molecular weight is 456 g/mol. The van der Waals surface area contributed by atoms with E-state index in [4.69, 9.17) is 34.8 Å². The summed E-state index contributed by atoms with van der Waals surface area (Å²) in [6.45, 7) is 1.68. The van der Waals surface area contributed by atoms with Crippen LogP contribution < -0.4 is 16.0 Å². The summed E-state index contributed by atoms with van der Waals surface area (Å²) in [5.74, 6) is -0.362. The largest absolute Gasteiger partial charge is 0.325 e. The van der Waals surface area contributed by atoms with Crippen molar-refractivity contribution < 1.29 is 9.59 Å². The van der Waals surface area contributed by atoms with Crippen molar-refractivity contribution in [1.29, 1.82) is 0 Å². The van der Waals surface area contributed by atoms with Crippen molar-refractivity contribution in [3.05, 3.63) is 68.1 Å².